The molecule has 0 saturated heterocycles. The van der Waals surface area contributed by atoms with Crippen molar-refractivity contribution in [2.45, 2.75) is 26.3 Å². The van der Waals surface area contributed by atoms with Gasteiger partial charge in [0.05, 0.1) is 19.8 Å². The van der Waals surface area contributed by atoms with Crippen LogP contribution in [0.3, 0.4) is 0 Å². The summed E-state index contributed by atoms with van der Waals surface area (Å²) in [5.41, 5.74) is 2.39. The van der Waals surface area contributed by atoms with Gasteiger partial charge in [-0.15, -0.1) is 0 Å². The topological polar surface area (TPSA) is 38.8 Å². The first-order valence-electron chi connectivity index (χ1n) is 6.25. The minimum absolute atomic E-state index is 0.0939. The zero-order valence-corrected chi connectivity index (χ0v) is 11.1. The number of carbonyl (C=O) groups is 1. The van der Waals surface area contributed by atoms with E-state index in [2.05, 4.69) is 0 Å². The molecule has 1 aliphatic heterocycles. The molecule has 2 rings (SSSR count). The van der Waals surface area contributed by atoms with Gasteiger partial charge in [0.2, 0.25) is 6.41 Å². The molecule has 1 unspecified atom stereocenters. The van der Waals surface area contributed by atoms with Crippen molar-refractivity contribution in [1.82, 2.24) is 4.90 Å². The maximum absolute atomic E-state index is 11.0. The number of benzene rings is 1. The molecule has 1 atom stereocenters. The summed E-state index contributed by atoms with van der Waals surface area (Å²) in [4.78, 5) is 12.8. The van der Waals surface area contributed by atoms with E-state index in [1.165, 1.54) is 5.56 Å². The SMILES string of the molecule is CCOc1cc2c(cc1OC)CCN(C=O)C2C. The highest BCUT2D eigenvalue weighted by Crippen LogP contribution is 2.37. The van der Waals surface area contributed by atoms with Gasteiger partial charge in [-0.1, -0.05) is 0 Å². The minimum atomic E-state index is 0.0939. The van der Waals surface area contributed by atoms with Crippen molar-refractivity contribution >= 4 is 6.41 Å². The average Bonchev–Trinajstić information content (AvgIpc) is 2.39. The van der Waals surface area contributed by atoms with Gasteiger partial charge in [-0.25, -0.2) is 0 Å². The number of hydrogen-bond donors (Lipinski definition) is 0. The Morgan fingerprint density at radius 3 is 2.83 bits per heavy atom. The molecule has 4 heteroatoms. The van der Waals surface area contributed by atoms with Gasteiger partial charge < -0.3 is 14.4 Å². The first-order valence-corrected chi connectivity index (χ1v) is 6.25. The Bertz CT molecular complexity index is 445. The quantitative estimate of drug-likeness (QED) is 0.768. The number of nitrogens with zero attached hydrogens (tertiary/aromatic N) is 1. The van der Waals surface area contributed by atoms with Crippen LogP contribution in [0.25, 0.3) is 0 Å². The van der Waals surface area contributed by atoms with E-state index < -0.39 is 0 Å². The van der Waals surface area contributed by atoms with Crippen LogP contribution in [0.15, 0.2) is 12.1 Å². The third-order valence-electron chi connectivity index (χ3n) is 3.45. The minimum Gasteiger partial charge on any atom is -0.493 e. The number of ether oxygens (including phenoxy) is 2. The molecule has 18 heavy (non-hydrogen) atoms. The van der Waals surface area contributed by atoms with E-state index in [1.807, 2.05) is 30.9 Å². The summed E-state index contributed by atoms with van der Waals surface area (Å²) in [6, 6.07) is 4.12. The fraction of sp³-hybridized carbons (Fsp3) is 0.500. The summed E-state index contributed by atoms with van der Waals surface area (Å²) in [5.74, 6) is 1.51. The van der Waals surface area contributed by atoms with Crippen LogP contribution in [0.1, 0.15) is 31.0 Å². The van der Waals surface area contributed by atoms with Crippen LogP contribution >= 0.6 is 0 Å². The number of rotatable bonds is 4. The Morgan fingerprint density at radius 2 is 2.22 bits per heavy atom. The lowest BCUT2D eigenvalue weighted by molar-refractivity contribution is -0.120. The molecule has 98 valence electrons. The predicted molar refractivity (Wildman–Crippen MR) is 69.1 cm³/mol. The van der Waals surface area contributed by atoms with E-state index in [9.17, 15) is 4.79 Å². The molecule has 1 aromatic rings. The molecule has 1 aromatic carbocycles. The van der Waals surface area contributed by atoms with Crippen LogP contribution in [-0.4, -0.2) is 31.6 Å². The number of amides is 1. The Balaban J connectivity index is 2.43. The van der Waals surface area contributed by atoms with Gasteiger partial charge in [-0.05, 0) is 43.5 Å². The smallest absolute Gasteiger partial charge is 0.210 e. The number of hydrogen-bond acceptors (Lipinski definition) is 3. The fourth-order valence-electron chi connectivity index (χ4n) is 2.42. The summed E-state index contributed by atoms with van der Waals surface area (Å²) in [5, 5.41) is 0. The van der Waals surface area contributed by atoms with Gasteiger partial charge in [0.15, 0.2) is 11.5 Å². The average molecular weight is 249 g/mol. The van der Waals surface area contributed by atoms with Crippen LogP contribution in [0.5, 0.6) is 11.5 Å². The van der Waals surface area contributed by atoms with Crippen LogP contribution in [0.2, 0.25) is 0 Å². The molecule has 0 aromatic heterocycles. The second kappa shape index (κ2) is 5.29. The largest absolute Gasteiger partial charge is 0.493 e. The van der Waals surface area contributed by atoms with Gasteiger partial charge >= 0.3 is 0 Å². The van der Waals surface area contributed by atoms with Crippen LogP contribution in [-0.2, 0) is 11.2 Å². The summed E-state index contributed by atoms with van der Waals surface area (Å²) in [6.45, 7) is 5.34. The third-order valence-corrected chi connectivity index (χ3v) is 3.45. The summed E-state index contributed by atoms with van der Waals surface area (Å²) in [6.07, 6.45) is 1.78. The number of carbonyl (C=O) groups excluding carboxylic acids is 1. The summed E-state index contributed by atoms with van der Waals surface area (Å²) >= 11 is 0. The second-order valence-corrected chi connectivity index (χ2v) is 4.40. The molecule has 0 N–H and O–H groups in total. The van der Waals surface area contributed by atoms with Gasteiger partial charge in [0.1, 0.15) is 0 Å². The molecule has 1 amide bonds. The highest BCUT2D eigenvalue weighted by molar-refractivity contribution is 5.54. The lowest BCUT2D eigenvalue weighted by Gasteiger charge is -2.33. The maximum Gasteiger partial charge on any atom is 0.210 e. The van der Waals surface area contributed by atoms with Crippen LogP contribution in [0.4, 0.5) is 0 Å². The molecule has 0 spiro atoms. The first-order chi connectivity index (χ1) is 8.71. The molecule has 1 heterocycles. The fourth-order valence-corrected chi connectivity index (χ4v) is 2.42. The normalized spacial score (nSPS) is 18.2. The van der Waals surface area contributed by atoms with Gasteiger partial charge in [0.25, 0.3) is 0 Å². The molecule has 0 bridgehead atoms. The third kappa shape index (κ3) is 2.15. The summed E-state index contributed by atoms with van der Waals surface area (Å²) in [7, 11) is 1.65. The highest BCUT2D eigenvalue weighted by Gasteiger charge is 2.24. The molecule has 0 fully saturated rings. The van der Waals surface area contributed by atoms with Gasteiger partial charge in [0, 0.05) is 6.54 Å². The Labute approximate surface area is 107 Å². The Kier molecular flexibility index (Phi) is 3.75. The lowest BCUT2D eigenvalue weighted by atomic mass is 9.93. The summed E-state index contributed by atoms with van der Waals surface area (Å²) < 4.78 is 10.9. The van der Waals surface area contributed by atoms with Crippen LogP contribution < -0.4 is 9.47 Å². The molecule has 0 aliphatic carbocycles. The Hall–Kier alpha value is -1.71. The molecular weight excluding hydrogens is 230 g/mol. The van der Waals surface area contributed by atoms with Gasteiger partial charge in [-0.2, -0.15) is 0 Å². The number of methoxy groups -OCH3 is 1. The molecular formula is C14H19NO3. The van der Waals surface area contributed by atoms with E-state index in [-0.39, 0.29) is 6.04 Å². The van der Waals surface area contributed by atoms with E-state index in [0.717, 1.165) is 36.4 Å². The highest BCUT2D eigenvalue weighted by atomic mass is 16.5. The van der Waals surface area contributed by atoms with Crippen molar-refractivity contribution < 1.29 is 14.3 Å². The van der Waals surface area contributed by atoms with E-state index >= 15 is 0 Å². The van der Waals surface area contributed by atoms with E-state index in [0.29, 0.717) is 6.61 Å². The van der Waals surface area contributed by atoms with Crippen molar-refractivity contribution in [3.05, 3.63) is 23.3 Å². The monoisotopic (exact) mass is 249 g/mol. The molecule has 0 radical (unpaired) electrons. The number of fused-ring (bicyclic) bond motifs is 1. The standard InChI is InChI=1S/C14H19NO3/c1-4-18-14-8-12-10(2)15(9-16)6-5-11(12)7-13(14)17-3/h7-10H,4-6H2,1-3H3. The van der Waals surface area contributed by atoms with Crippen molar-refractivity contribution in [3.8, 4) is 11.5 Å². The lowest BCUT2D eigenvalue weighted by Crippen LogP contribution is -2.32. The van der Waals surface area contributed by atoms with E-state index in [1.54, 1.807) is 7.11 Å². The zero-order valence-electron chi connectivity index (χ0n) is 11.1. The first kappa shape index (κ1) is 12.7. The van der Waals surface area contributed by atoms with E-state index in [4.69, 9.17) is 9.47 Å². The van der Waals surface area contributed by atoms with Crippen molar-refractivity contribution in [1.29, 1.82) is 0 Å². The van der Waals surface area contributed by atoms with Crippen LogP contribution in [0, 0.1) is 0 Å². The van der Waals surface area contributed by atoms with Crippen molar-refractivity contribution in [2.24, 2.45) is 0 Å². The Morgan fingerprint density at radius 1 is 1.44 bits per heavy atom. The molecule has 1 aliphatic rings. The maximum atomic E-state index is 11.0. The molecule has 4 nitrogen and oxygen atoms in total. The van der Waals surface area contributed by atoms with Gasteiger partial charge in [-0.3, -0.25) is 4.79 Å². The molecule has 0 saturated carbocycles. The predicted octanol–water partition coefficient (Wildman–Crippen LogP) is 2.17. The van der Waals surface area contributed by atoms with Crippen molar-refractivity contribution in [2.75, 3.05) is 20.3 Å². The zero-order chi connectivity index (χ0) is 13.1. The van der Waals surface area contributed by atoms with Crippen molar-refractivity contribution in [3.63, 3.8) is 0 Å². The second-order valence-electron chi connectivity index (χ2n) is 4.40.